The lowest BCUT2D eigenvalue weighted by Gasteiger charge is -2.18. The molecule has 6 heteroatoms. The molecule has 0 saturated carbocycles. The van der Waals surface area contributed by atoms with Crippen LogP contribution in [0.3, 0.4) is 0 Å². The van der Waals surface area contributed by atoms with E-state index in [1.54, 1.807) is 18.3 Å². The summed E-state index contributed by atoms with van der Waals surface area (Å²) in [4.78, 5) is 8.57. The van der Waals surface area contributed by atoms with Gasteiger partial charge in [-0.25, -0.2) is 0 Å². The van der Waals surface area contributed by atoms with Crippen LogP contribution in [0.4, 0.5) is 0 Å². The Morgan fingerprint density at radius 2 is 2.10 bits per heavy atom. The topological polar surface area (TPSA) is 77.8 Å². The first-order chi connectivity index (χ1) is 10.1. The summed E-state index contributed by atoms with van der Waals surface area (Å²) in [6.07, 6.45) is 4.37. The van der Waals surface area contributed by atoms with E-state index in [4.69, 9.17) is 21.9 Å². The summed E-state index contributed by atoms with van der Waals surface area (Å²) in [6.45, 7) is 5.15. The van der Waals surface area contributed by atoms with Crippen LogP contribution >= 0.6 is 11.6 Å². The van der Waals surface area contributed by atoms with E-state index in [0.717, 1.165) is 19.3 Å². The Labute approximate surface area is 129 Å². The summed E-state index contributed by atoms with van der Waals surface area (Å²) < 4.78 is 5.29. The Balaban J connectivity index is 1.98. The van der Waals surface area contributed by atoms with Crippen LogP contribution in [0, 0.1) is 11.8 Å². The molecule has 21 heavy (non-hydrogen) atoms. The molecule has 0 aliphatic carbocycles. The molecule has 114 valence electrons. The molecule has 0 fully saturated rings. The van der Waals surface area contributed by atoms with Crippen LogP contribution in [-0.4, -0.2) is 21.7 Å². The molecule has 2 N–H and O–H groups in total. The zero-order valence-corrected chi connectivity index (χ0v) is 13.2. The third-order valence-corrected chi connectivity index (χ3v) is 3.86. The zero-order valence-electron chi connectivity index (χ0n) is 12.4. The van der Waals surface area contributed by atoms with Gasteiger partial charge in [-0.1, -0.05) is 30.6 Å². The third-order valence-electron chi connectivity index (χ3n) is 3.63. The van der Waals surface area contributed by atoms with Gasteiger partial charge in [0.15, 0.2) is 0 Å². The van der Waals surface area contributed by atoms with Crippen molar-refractivity contribution in [1.29, 1.82) is 0 Å². The zero-order chi connectivity index (χ0) is 15.2. The fourth-order valence-electron chi connectivity index (χ4n) is 2.30. The Hall–Kier alpha value is -1.46. The average molecular weight is 309 g/mol. The molecule has 0 saturated heterocycles. The second kappa shape index (κ2) is 7.52. The van der Waals surface area contributed by atoms with E-state index in [1.807, 2.05) is 0 Å². The van der Waals surface area contributed by atoms with E-state index < -0.39 is 0 Å². The molecule has 0 aliphatic rings. The molecular formula is C15H21ClN4O. The van der Waals surface area contributed by atoms with Gasteiger partial charge in [-0.05, 0) is 43.4 Å². The largest absolute Gasteiger partial charge is 0.339 e. The lowest BCUT2D eigenvalue weighted by Crippen LogP contribution is -2.15. The predicted molar refractivity (Wildman–Crippen MR) is 82.9 cm³/mol. The average Bonchev–Trinajstić information content (AvgIpc) is 2.92. The summed E-state index contributed by atoms with van der Waals surface area (Å²) in [6, 6.07) is 3.54. The highest BCUT2D eigenvalue weighted by molar-refractivity contribution is 6.30. The third kappa shape index (κ3) is 4.51. The van der Waals surface area contributed by atoms with Crippen LogP contribution in [0.15, 0.2) is 22.9 Å². The smallest absolute Gasteiger partial charge is 0.227 e. The molecule has 2 rings (SSSR count). The minimum absolute atomic E-state index is 0.501. The number of hydrogen-bond acceptors (Lipinski definition) is 5. The molecule has 1 atom stereocenters. The van der Waals surface area contributed by atoms with Crippen molar-refractivity contribution in [3.8, 4) is 11.5 Å². The van der Waals surface area contributed by atoms with Gasteiger partial charge >= 0.3 is 0 Å². The molecule has 2 heterocycles. The van der Waals surface area contributed by atoms with Crippen LogP contribution in [0.2, 0.25) is 5.02 Å². The number of halogens is 1. The lowest BCUT2D eigenvalue weighted by molar-refractivity contribution is 0.313. The molecule has 2 aromatic heterocycles. The second-order valence-electron chi connectivity index (χ2n) is 5.49. The van der Waals surface area contributed by atoms with Crippen LogP contribution in [0.25, 0.3) is 11.5 Å². The summed E-state index contributed by atoms with van der Waals surface area (Å²) in [5, 5.41) is 4.56. The van der Waals surface area contributed by atoms with Gasteiger partial charge in [0.25, 0.3) is 0 Å². The second-order valence-corrected chi connectivity index (χ2v) is 5.93. The molecule has 0 radical (unpaired) electrons. The standard InChI is InChI=1S/C15H21ClN4O/c1-10(2)11(7-8-17)3-6-14-19-15(20-21-14)13-5-4-12(16)9-18-13/h4-5,9-11H,3,6-8,17H2,1-2H3. The number of pyridine rings is 1. The fraction of sp³-hybridized carbons (Fsp3) is 0.533. The maximum atomic E-state index is 5.81. The van der Waals surface area contributed by atoms with Crippen molar-refractivity contribution in [2.75, 3.05) is 6.54 Å². The number of rotatable bonds is 7. The summed E-state index contributed by atoms with van der Waals surface area (Å²) in [7, 11) is 0. The van der Waals surface area contributed by atoms with Crippen molar-refractivity contribution < 1.29 is 4.52 Å². The van der Waals surface area contributed by atoms with Gasteiger partial charge in [0.05, 0.1) is 5.02 Å². The van der Waals surface area contributed by atoms with E-state index in [2.05, 4.69) is 29.0 Å². The van der Waals surface area contributed by atoms with Crippen molar-refractivity contribution in [3.63, 3.8) is 0 Å². The number of nitrogens with two attached hydrogens (primary N) is 1. The van der Waals surface area contributed by atoms with Gasteiger partial charge in [-0.3, -0.25) is 4.98 Å². The number of hydrogen-bond donors (Lipinski definition) is 1. The van der Waals surface area contributed by atoms with Gasteiger partial charge in [-0.2, -0.15) is 4.98 Å². The van der Waals surface area contributed by atoms with Crippen molar-refractivity contribution in [1.82, 2.24) is 15.1 Å². The minimum Gasteiger partial charge on any atom is -0.339 e. The molecular weight excluding hydrogens is 288 g/mol. The Morgan fingerprint density at radius 3 is 2.71 bits per heavy atom. The summed E-state index contributed by atoms with van der Waals surface area (Å²) in [5.41, 5.74) is 6.32. The van der Waals surface area contributed by atoms with Crippen molar-refractivity contribution >= 4 is 11.6 Å². The molecule has 0 aromatic carbocycles. The number of aryl methyl sites for hydroxylation is 1. The van der Waals surface area contributed by atoms with Crippen molar-refractivity contribution in [2.45, 2.75) is 33.1 Å². The van der Waals surface area contributed by atoms with E-state index >= 15 is 0 Å². The maximum Gasteiger partial charge on any atom is 0.227 e. The molecule has 2 aromatic rings. The van der Waals surface area contributed by atoms with E-state index in [0.29, 0.717) is 40.8 Å². The van der Waals surface area contributed by atoms with Gasteiger partial charge in [-0.15, -0.1) is 0 Å². The SMILES string of the molecule is CC(C)C(CCN)CCc1nc(-c2ccc(Cl)cn2)no1. The van der Waals surface area contributed by atoms with Crippen LogP contribution in [0.5, 0.6) is 0 Å². The highest BCUT2D eigenvalue weighted by Gasteiger charge is 2.15. The van der Waals surface area contributed by atoms with E-state index in [-0.39, 0.29) is 0 Å². The molecule has 0 spiro atoms. The van der Waals surface area contributed by atoms with E-state index in [1.165, 1.54) is 0 Å². The Morgan fingerprint density at radius 1 is 1.29 bits per heavy atom. The monoisotopic (exact) mass is 308 g/mol. The fourth-order valence-corrected chi connectivity index (χ4v) is 2.41. The molecule has 0 aliphatic heterocycles. The van der Waals surface area contributed by atoms with Crippen molar-refractivity contribution in [2.24, 2.45) is 17.6 Å². The van der Waals surface area contributed by atoms with Gasteiger partial charge < -0.3 is 10.3 Å². The van der Waals surface area contributed by atoms with Crippen LogP contribution in [-0.2, 0) is 6.42 Å². The first-order valence-corrected chi connectivity index (χ1v) is 7.62. The van der Waals surface area contributed by atoms with Gasteiger partial charge in [0.2, 0.25) is 11.7 Å². The highest BCUT2D eigenvalue weighted by Crippen LogP contribution is 2.22. The van der Waals surface area contributed by atoms with Crippen LogP contribution in [0.1, 0.15) is 32.6 Å². The van der Waals surface area contributed by atoms with E-state index in [9.17, 15) is 0 Å². The molecule has 1 unspecified atom stereocenters. The maximum absolute atomic E-state index is 5.81. The predicted octanol–water partition coefficient (Wildman–Crippen LogP) is 3.34. The summed E-state index contributed by atoms with van der Waals surface area (Å²) in [5.74, 6) is 2.33. The summed E-state index contributed by atoms with van der Waals surface area (Å²) >= 11 is 5.81. The molecule has 5 nitrogen and oxygen atoms in total. The first-order valence-electron chi connectivity index (χ1n) is 7.24. The van der Waals surface area contributed by atoms with Gasteiger partial charge in [0.1, 0.15) is 5.69 Å². The normalized spacial score (nSPS) is 12.8. The first kappa shape index (κ1) is 15.9. The lowest BCUT2D eigenvalue weighted by atomic mass is 9.88. The quantitative estimate of drug-likeness (QED) is 0.848. The van der Waals surface area contributed by atoms with Crippen molar-refractivity contribution in [3.05, 3.63) is 29.2 Å². The van der Waals surface area contributed by atoms with Crippen LogP contribution < -0.4 is 5.73 Å². The number of aromatic nitrogens is 3. The molecule has 0 bridgehead atoms. The molecule has 0 amide bonds. The Kier molecular flexibility index (Phi) is 5.70. The Bertz CT molecular complexity index is 553. The number of nitrogens with zero attached hydrogens (tertiary/aromatic N) is 3. The highest BCUT2D eigenvalue weighted by atomic mass is 35.5. The minimum atomic E-state index is 0.501. The van der Waals surface area contributed by atoms with Gasteiger partial charge in [0, 0.05) is 12.6 Å².